The number of halogens is 3. The molecule has 110 valence electrons. The molecule has 0 aliphatic carbocycles. The molecule has 0 fully saturated rings. The number of carbonyl (C=O) groups is 2. The lowest BCUT2D eigenvalue weighted by molar-refractivity contribution is -0.151. The molecule has 0 unspecified atom stereocenters. The van der Waals surface area contributed by atoms with E-state index in [1.54, 1.807) is 18.2 Å². The fraction of sp³-hybridized carbons (Fsp3) is 0.333. The Morgan fingerprint density at radius 3 is 2.55 bits per heavy atom. The molecular weight excluding hydrogens is 330 g/mol. The van der Waals surface area contributed by atoms with Crippen molar-refractivity contribution in [1.29, 1.82) is 0 Å². The second kappa shape index (κ2) is 8.89. The monoisotopic (exact) mass is 340 g/mol. The van der Waals surface area contributed by atoms with Crippen molar-refractivity contribution in [3.8, 4) is 5.75 Å². The molecule has 0 aliphatic rings. The fourth-order valence-corrected chi connectivity index (χ4v) is 1.71. The molecule has 0 heterocycles. The first kappa shape index (κ1) is 16.9. The molecular formula is C12H11Cl3O5. The van der Waals surface area contributed by atoms with Crippen molar-refractivity contribution in [1.82, 2.24) is 0 Å². The zero-order valence-corrected chi connectivity index (χ0v) is 12.5. The van der Waals surface area contributed by atoms with Gasteiger partial charge in [0, 0.05) is 23.0 Å². The van der Waals surface area contributed by atoms with Crippen LogP contribution in [0.15, 0.2) is 18.2 Å². The Morgan fingerprint density at radius 1 is 1.15 bits per heavy atom. The Balaban J connectivity index is 2.18. The minimum absolute atomic E-state index is 0.116. The van der Waals surface area contributed by atoms with Gasteiger partial charge >= 0.3 is 11.4 Å². The summed E-state index contributed by atoms with van der Waals surface area (Å²) in [4.78, 5) is 21.4. The average Bonchev–Trinajstić information content (AvgIpc) is 2.36. The largest absolute Gasteiger partial charge is 0.492 e. The number of carbonyl (C=O) groups excluding carboxylic acids is 2. The molecule has 8 heteroatoms. The van der Waals surface area contributed by atoms with Gasteiger partial charge in [-0.3, -0.25) is 4.79 Å². The molecule has 0 aliphatic heterocycles. The molecule has 0 saturated carbocycles. The van der Waals surface area contributed by atoms with E-state index in [0.29, 0.717) is 22.2 Å². The predicted octanol–water partition coefficient (Wildman–Crippen LogP) is 4.03. The van der Waals surface area contributed by atoms with Crippen LogP contribution in [-0.2, 0) is 14.3 Å². The van der Waals surface area contributed by atoms with Gasteiger partial charge in [0.25, 0.3) is 0 Å². The number of hydrogen-bond acceptors (Lipinski definition) is 5. The van der Waals surface area contributed by atoms with Crippen molar-refractivity contribution in [2.24, 2.45) is 0 Å². The summed E-state index contributed by atoms with van der Waals surface area (Å²) in [7, 11) is 0. The van der Waals surface area contributed by atoms with Crippen LogP contribution in [0.1, 0.15) is 12.8 Å². The summed E-state index contributed by atoms with van der Waals surface area (Å²) in [6, 6.07) is 4.85. The summed E-state index contributed by atoms with van der Waals surface area (Å²) in [5.74, 6) is -0.0331. The topological polar surface area (TPSA) is 61.8 Å². The standard InChI is InChI=1S/C12H11Cl3O5/c13-8-3-4-10(9(14)6-8)18-5-1-2-11(16)19-7-20-12(15)17/h3-4,6H,1-2,5,7H2. The molecule has 1 aromatic rings. The summed E-state index contributed by atoms with van der Waals surface area (Å²) in [6.45, 7) is -0.212. The highest BCUT2D eigenvalue weighted by Crippen LogP contribution is 2.27. The molecule has 1 rings (SSSR count). The van der Waals surface area contributed by atoms with Gasteiger partial charge in [0.05, 0.1) is 11.6 Å². The first-order valence-corrected chi connectivity index (χ1v) is 6.68. The van der Waals surface area contributed by atoms with Gasteiger partial charge in [-0.1, -0.05) is 23.2 Å². The summed E-state index contributed by atoms with van der Waals surface area (Å²) >= 11 is 16.5. The lowest BCUT2D eigenvalue weighted by Gasteiger charge is -2.08. The second-order valence-corrected chi connectivity index (χ2v) is 4.70. The number of benzene rings is 1. The quantitative estimate of drug-likeness (QED) is 0.324. The Kier molecular flexibility index (Phi) is 7.51. The number of esters is 1. The number of hydrogen-bond donors (Lipinski definition) is 0. The van der Waals surface area contributed by atoms with Crippen molar-refractivity contribution >= 4 is 46.2 Å². The maximum Gasteiger partial charge on any atom is 0.406 e. The van der Waals surface area contributed by atoms with E-state index in [-0.39, 0.29) is 13.0 Å². The Morgan fingerprint density at radius 2 is 1.90 bits per heavy atom. The highest BCUT2D eigenvalue weighted by atomic mass is 35.5. The zero-order chi connectivity index (χ0) is 15.0. The van der Waals surface area contributed by atoms with E-state index in [1.807, 2.05) is 0 Å². The summed E-state index contributed by atoms with van der Waals surface area (Å²) in [5.41, 5.74) is -1.03. The van der Waals surface area contributed by atoms with Crippen LogP contribution in [0.4, 0.5) is 4.79 Å². The summed E-state index contributed by atoms with van der Waals surface area (Å²) < 4.78 is 14.2. The molecule has 0 N–H and O–H groups in total. The van der Waals surface area contributed by atoms with Crippen LogP contribution >= 0.6 is 34.8 Å². The SMILES string of the molecule is O=C(Cl)OCOC(=O)CCCOc1ccc(Cl)cc1Cl. The number of rotatable bonds is 7. The first-order valence-electron chi connectivity index (χ1n) is 5.55. The summed E-state index contributed by atoms with van der Waals surface area (Å²) in [5, 5.41) is 0.911. The van der Waals surface area contributed by atoms with E-state index < -0.39 is 18.2 Å². The highest BCUT2D eigenvalue weighted by Gasteiger charge is 2.06. The Labute approximate surface area is 130 Å². The van der Waals surface area contributed by atoms with Crippen LogP contribution in [-0.4, -0.2) is 24.8 Å². The highest BCUT2D eigenvalue weighted by molar-refractivity contribution is 6.61. The maximum absolute atomic E-state index is 11.2. The lowest BCUT2D eigenvalue weighted by Crippen LogP contribution is -2.10. The zero-order valence-electron chi connectivity index (χ0n) is 10.2. The van der Waals surface area contributed by atoms with Gasteiger partial charge in [0.1, 0.15) is 5.75 Å². The molecule has 0 amide bonds. The van der Waals surface area contributed by atoms with Gasteiger partial charge in [0.2, 0.25) is 6.79 Å². The van der Waals surface area contributed by atoms with Crippen LogP contribution in [0.3, 0.4) is 0 Å². The molecule has 0 atom stereocenters. The smallest absolute Gasteiger partial charge is 0.406 e. The first-order chi connectivity index (χ1) is 9.49. The lowest BCUT2D eigenvalue weighted by atomic mass is 10.3. The van der Waals surface area contributed by atoms with Crippen LogP contribution < -0.4 is 4.74 Å². The van der Waals surface area contributed by atoms with Crippen molar-refractivity contribution in [3.63, 3.8) is 0 Å². The van der Waals surface area contributed by atoms with E-state index in [4.69, 9.17) is 39.5 Å². The average molecular weight is 342 g/mol. The third-order valence-electron chi connectivity index (χ3n) is 2.07. The summed E-state index contributed by atoms with van der Waals surface area (Å²) in [6.07, 6.45) is 0.539. The van der Waals surface area contributed by atoms with Gasteiger partial charge in [-0.05, 0) is 24.6 Å². The van der Waals surface area contributed by atoms with Crippen molar-refractivity contribution in [2.75, 3.05) is 13.4 Å². The van der Waals surface area contributed by atoms with E-state index in [9.17, 15) is 9.59 Å². The minimum atomic E-state index is -1.03. The van der Waals surface area contributed by atoms with Crippen LogP contribution in [0.2, 0.25) is 10.0 Å². The van der Waals surface area contributed by atoms with Crippen molar-refractivity contribution in [2.45, 2.75) is 12.8 Å². The van der Waals surface area contributed by atoms with Gasteiger partial charge in [-0.15, -0.1) is 0 Å². The van der Waals surface area contributed by atoms with Crippen LogP contribution in [0, 0.1) is 0 Å². The minimum Gasteiger partial charge on any atom is -0.492 e. The molecule has 0 aromatic heterocycles. The van der Waals surface area contributed by atoms with E-state index >= 15 is 0 Å². The van der Waals surface area contributed by atoms with E-state index in [2.05, 4.69) is 9.47 Å². The normalized spacial score (nSPS) is 9.95. The van der Waals surface area contributed by atoms with E-state index in [1.165, 1.54) is 0 Å². The van der Waals surface area contributed by atoms with Gasteiger partial charge < -0.3 is 14.2 Å². The number of ether oxygens (including phenoxy) is 3. The van der Waals surface area contributed by atoms with Crippen molar-refractivity contribution in [3.05, 3.63) is 28.2 Å². The second-order valence-electron chi connectivity index (χ2n) is 3.54. The molecule has 0 saturated heterocycles. The van der Waals surface area contributed by atoms with Crippen LogP contribution in [0.25, 0.3) is 0 Å². The Hall–Kier alpha value is -1.17. The Bertz CT molecular complexity index is 478. The maximum atomic E-state index is 11.2. The van der Waals surface area contributed by atoms with Crippen molar-refractivity contribution < 1.29 is 23.8 Å². The van der Waals surface area contributed by atoms with Crippen LogP contribution in [0.5, 0.6) is 5.75 Å². The molecule has 20 heavy (non-hydrogen) atoms. The molecule has 1 aromatic carbocycles. The molecule has 0 spiro atoms. The van der Waals surface area contributed by atoms with Gasteiger partial charge in [0.15, 0.2) is 0 Å². The predicted molar refractivity (Wildman–Crippen MR) is 74.5 cm³/mol. The fourth-order valence-electron chi connectivity index (χ4n) is 1.20. The molecule has 5 nitrogen and oxygen atoms in total. The molecule has 0 bridgehead atoms. The third kappa shape index (κ3) is 6.84. The van der Waals surface area contributed by atoms with Gasteiger partial charge in [-0.25, -0.2) is 4.79 Å². The van der Waals surface area contributed by atoms with Gasteiger partial charge in [-0.2, -0.15) is 0 Å². The third-order valence-corrected chi connectivity index (χ3v) is 2.71. The van der Waals surface area contributed by atoms with E-state index in [0.717, 1.165) is 0 Å². The molecule has 0 radical (unpaired) electrons.